The van der Waals surface area contributed by atoms with Gasteiger partial charge in [-0.25, -0.2) is 4.79 Å². The Labute approximate surface area is 129 Å². The van der Waals surface area contributed by atoms with E-state index in [2.05, 4.69) is 5.32 Å². The maximum atomic E-state index is 12.5. The van der Waals surface area contributed by atoms with Crippen molar-refractivity contribution in [3.05, 3.63) is 24.3 Å². The van der Waals surface area contributed by atoms with Crippen molar-refractivity contribution in [3.63, 3.8) is 0 Å². The number of urea groups is 1. The zero-order valence-electron chi connectivity index (χ0n) is 11.8. The second-order valence-corrected chi connectivity index (χ2v) is 5.70. The number of anilines is 1. The van der Waals surface area contributed by atoms with Gasteiger partial charge in [0.15, 0.2) is 0 Å². The Hall–Kier alpha value is -1.90. The van der Waals surface area contributed by atoms with Crippen molar-refractivity contribution >= 4 is 29.4 Å². The summed E-state index contributed by atoms with van der Waals surface area (Å²) in [5.41, 5.74) is -4.45. The Bertz CT molecular complexity index is 552. The van der Waals surface area contributed by atoms with Crippen LogP contribution in [0.2, 0.25) is 0 Å². The van der Waals surface area contributed by atoms with Crippen molar-refractivity contribution in [3.8, 4) is 0 Å². The lowest BCUT2D eigenvalue weighted by molar-refractivity contribution is -0.141. The molecule has 0 aliphatic carbocycles. The molecule has 0 bridgehead atoms. The van der Waals surface area contributed by atoms with E-state index in [0.717, 1.165) is 4.90 Å². The molecule has 0 saturated carbocycles. The Kier molecular flexibility index (Phi) is 6.10. The molecule has 0 aromatic heterocycles. The lowest BCUT2D eigenvalue weighted by atomic mass is 10.2. The molecule has 0 radical (unpaired) electrons. The number of rotatable bonds is 5. The van der Waals surface area contributed by atoms with E-state index in [4.69, 9.17) is 5.11 Å². The van der Waals surface area contributed by atoms with Gasteiger partial charge in [0.05, 0.1) is 11.6 Å². The zero-order chi connectivity index (χ0) is 16.9. The van der Waals surface area contributed by atoms with Gasteiger partial charge in [-0.05, 0) is 23.9 Å². The van der Waals surface area contributed by atoms with E-state index in [1.165, 1.54) is 38.2 Å². The highest BCUT2D eigenvalue weighted by atomic mass is 32.2. The molecule has 9 heteroatoms. The van der Waals surface area contributed by atoms with Crippen molar-refractivity contribution < 1.29 is 27.9 Å². The number of amides is 2. The van der Waals surface area contributed by atoms with E-state index < -0.39 is 23.4 Å². The minimum absolute atomic E-state index is 0.0182. The van der Waals surface area contributed by atoms with Crippen molar-refractivity contribution in [1.29, 1.82) is 0 Å². The lowest BCUT2D eigenvalue weighted by Crippen LogP contribution is -2.36. The highest BCUT2D eigenvalue weighted by Crippen LogP contribution is 2.40. The van der Waals surface area contributed by atoms with Crippen LogP contribution in [-0.2, 0) is 4.79 Å². The molecule has 122 valence electrons. The van der Waals surface area contributed by atoms with Crippen LogP contribution in [-0.4, -0.2) is 41.1 Å². The van der Waals surface area contributed by atoms with E-state index in [-0.39, 0.29) is 28.9 Å². The van der Waals surface area contributed by atoms with E-state index in [9.17, 15) is 22.8 Å². The molecule has 0 fully saturated rings. The minimum atomic E-state index is -4.47. The van der Waals surface area contributed by atoms with Crippen LogP contribution in [0.5, 0.6) is 0 Å². The number of carbonyl (C=O) groups is 2. The van der Waals surface area contributed by atoms with Crippen LogP contribution in [0, 0.1) is 5.92 Å². The van der Waals surface area contributed by atoms with Crippen LogP contribution in [0.25, 0.3) is 0 Å². The number of alkyl halides is 3. The summed E-state index contributed by atoms with van der Waals surface area (Å²) in [5, 5.41) is 11.1. The number of benzene rings is 1. The number of para-hydroxylation sites is 1. The summed E-state index contributed by atoms with van der Waals surface area (Å²) in [7, 11) is 1.37. The summed E-state index contributed by atoms with van der Waals surface area (Å²) < 4.78 is 37.4. The molecule has 22 heavy (non-hydrogen) atoms. The first-order valence-electron chi connectivity index (χ1n) is 6.20. The van der Waals surface area contributed by atoms with Gasteiger partial charge >= 0.3 is 17.5 Å². The lowest BCUT2D eigenvalue weighted by Gasteiger charge is -2.21. The third kappa shape index (κ3) is 5.84. The van der Waals surface area contributed by atoms with Gasteiger partial charge in [0.1, 0.15) is 0 Å². The zero-order valence-corrected chi connectivity index (χ0v) is 12.7. The molecule has 1 aromatic rings. The monoisotopic (exact) mass is 336 g/mol. The summed E-state index contributed by atoms with van der Waals surface area (Å²) in [4.78, 5) is 23.6. The topological polar surface area (TPSA) is 69.6 Å². The summed E-state index contributed by atoms with van der Waals surface area (Å²) in [5.74, 6) is -1.84. The molecule has 1 rings (SSSR count). The molecule has 0 saturated heterocycles. The van der Waals surface area contributed by atoms with Crippen molar-refractivity contribution in [1.82, 2.24) is 4.90 Å². The number of carboxylic acids is 1. The number of nitrogens with one attached hydrogen (secondary N) is 1. The molecule has 1 unspecified atom stereocenters. The summed E-state index contributed by atoms with van der Waals surface area (Å²) in [6.07, 6.45) is 0. The van der Waals surface area contributed by atoms with E-state index >= 15 is 0 Å². The van der Waals surface area contributed by atoms with Gasteiger partial charge in [-0.3, -0.25) is 4.79 Å². The Morgan fingerprint density at radius 2 is 1.95 bits per heavy atom. The molecule has 2 N–H and O–H groups in total. The van der Waals surface area contributed by atoms with E-state index in [0.29, 0.717) is 0 Å². The highest BCUT2D eigenvalue weighted by molar-refractivity contribution is 8.00. The normalized spacial score (nSPS) is 12.6. The third-order valence-corrected chi connectivity index (χ3v) is 3.48. The number of thioether (sulfide) groups is 1. The fourth-order valence-electron chi connectivity index (χ4n) is 1.57. The summed E-state index contributed by atoms with van der Waals surface area (Å²) in [6.45, 7) is 1.37. The Morgan fingerprint density at radius 3 is 2.50 bits per heavy atom. The SMILES string of the molecule is CC(CN(C)C(=O)Nc1ccccc1SC(F)(F)F)C(=O)O. The number of carbonyl (C=O) groups excluding carboxylic acids is 1. The second-order valence-electron chi connectivity index (χ2n) is 4.59. The van der Waals surface area contributed by atoms with Crippen molar-refractivity contribution in [2.24, 2.45) is 5.92 Å². The van der Waals surface area contributed by atoms with Crippen LogP contribution in [0.15, 0.2) is 29.2 Å². The Morgan fingerprint density at radius 1 is 1.36 bits per heavy atom. The van der Waals surface area contributed by atoms with Gasteiger partial charge in [0.25, 0.3) is 0 Å². The molecular weight excluding hydrogens is 321 g/mol. The average Bonchev–Trinajstić information content (AvgIpc) is 2.39. The van der Waals surface area contributed by atoms with Crippen LogP contribution >= 0.6 is 11.8 Å². The molecule has 0 spiro atoms. The maximum Gasteiger partial charge on any atom is 0.446 e. The third-order valence-electron chi connectivity index (χ3n) is 2.67. The van der Waals surface area contributed by atoms with Gasteiger partial charge in [0, 0.05) is 18.5 Å². The van der Waals surface area contributed by atoms with Crippen molar-refractivity contribution in [2.45, 2.75) is 17.3 Å². The minimum Gasteiger partial charge on any atom is -0.481 e. The molecule has 0 aliphatic rings. The number of halogens is 3. The first-order chi connectivity index (χ1) is 10.1. The molecule has 0 heterocycles. The fraction of sp³-hybridized carbons (Fsp3) is 0.385. The molecule has 1 atom stereocenters. The predicted octanol–water partition coefficient (Wildman–Crippen LogP) is 3.48. The molecular formula is C13H15F3N2O3S. The van der Waals surface area contributed by atoms with E-state index in [1.807, 2.05) is 0 Å². The molecule has 1 aromatic carbocycles. The van der Waals surface area contributed by atoms with E-state index in [1.54, 1.807) is 0 Å². The maximum absolute atomic E-state index is 12.5. The number of hydrogen-bond donors (Lipinski definition) is 2. The summed E-state index contributed by atoms with van der Waals surface area (Å²) in [6, 6.07) is 4.84. The average molecular weight is 336 g/mol. The fourth-order valence-corrected chi connectivity index (χ4v) is 2.19. The van der Waals surface area contributed by atoms with Crippen molar-refractivity contribution in [2.75, 3.05) is 18.9 Å². The first kappa shape index (κ1) is 18.1. The van der Waals surface area contributed by atoms with Crippen LogP contribution < -0.4 is 5.32 Å². The number of hydrogen-bond acceptors (Lipinski definition) is 3. The summed E-state index contributed by atoms with van der Waals surface area (Å²) >= 11 is -0.327. The predicted molar refractivity (Wildman–Crippen MR) is 76.8 cm³/mol. The quantitative estimate of drug-likeness (QED) is 0.808. The standard InChI is InChI=1S/C13H15F3N2O3S/c1-8(11(19)20)7-18(2)12(21)17-9-5-3-4-6-10(9)22-13(14,15)16/h3-6,8H,7H2,1-2H3,(H,17,21)(H,19,20). The highest BCUT2D eigenvalue weighted by Gasteiger charge is 2.30. The van der Waals surface area contributed by atoms with Crippen LogP contribution in [0.3, 0.4) is 0 Å². The van der Waals surface area contributed by atoms with Gasteiger partial charge in [-0.15, -0.1) is 0 Å². The smallest absolute Gasteiger partial charge is 0.446 e. The number of aliphatic carboxylic acids is 1. The number of nitrogens with zero attached hydrogens (tertiary/aromatic N) is 1. The molecule has 2 amide bonds. The van der Waals surface area contributed by atoms with Gasteiger partial charge in [-0.1, -0.05) is 19.1 Å². The first-order valence-corrected chi connectivity index (χ1v) is 7.01. The van der Waals surface area contributed by atoms with Crippen LogP contribution in [0.1, 0.15) is 6.92 Å². The number of carboxylic acid groups (broad SMARTS) is 1. The molecule has 5 nitrogen and oxygen atoms in total. The second kappa shape index (κ2) is 7.39. The largest absolute Gasteiger partial charge is 0.481 e. The van der Waals surface area contributed by atoms with Gasteiger partial charge in [-0.2, -0.15) is 13.2 Å². The van der Waals surface area contributed by atoms with Gasteiger partial charge in [0.2, 0.25) is 0 Å². The van der Waals surface area contributed by atoms with Crippen LogP contribution in [0.4, 0.5) is 23.7 Å². The Balaban J connectivity index is 2.78. The molecule has 0 aliphatic heterocycles. The van der Waals surface area contributed by atoms with Gasteiger partial charge < -0.3 is 15.3 Å².